The number of ether oxygens (including phenoxy) is 2. The summed E-state index contributed by atoms with van der Waals surface area (Å²) in [7, 11) is 1.74. The lowest BCUT2D eigenvalue weighted by Crippen LogP contribution is -2.33. The van der Waals surface area contributed by atoms with Crippen molar-refractivity contribution in [3.8, 4) is 5.75 Å². The molecule has 1 aromatic rings. The van der Waals surface area contributed by atoms with Crippen molar-refractivity contribution in [2.45, 2.75) is 25.9 Å². The molecule has 0 amide bonds. The number of methoxy groups -OCH3 is 1. The minimum Gasteiger partial charge on any atom is -0.496 e. The van der Waals surface area contributed by atoms with Crippen LogP contribution in [0.15, 0.2) is 18.2 Å². The second-order valence-electron chi connectivity index (χ2n) is 4.69. The Hall–Kier alpha value is -1.06. The van der Waals surface area contributed by atoms with Gasteiger partial charge in [-0.3, -0.25) is 0 Å². The molecule has 1 saturated heterocycles. The van der Waals surface area contributed by atoms with E-state index in [2.05, 4.69) is 37.4 Å². The molecule has 1 N–H and O–H groups in total. The van der Waals surface area contributed by atoms with E-state index < -0.39 is 0 Å². The maximum absolute atomic E-state index is 5.80. The van der Waals surface area contributed by atoms with Gasteiger partial charge in [0.05, 0.1) is 19.8 Å². The van der Waals surface area contributed by atoms with Crippen molar-refractivity contribution in [1.82, 2.24) is 5.32 Å². The van der Waals surface area contributed by atoms with E-state index in [-0.39, 0.29) is 6.10 Å². The average molecular weight is 235 g/mol. The summed E-state index contributed by atoms with van der Waals surface area (Å²) in [5.41, 5.74) is 2.41. The molecule has 1 unspecified atom stereocenters. The number of rotatable bonds is 3. The van der Waals surface area contributed by atoms with Gasteiger partial charge < -0.3 is 14.8 Å². The van der Waals surface area contributed by atoms with Gasteiger partial charge in [0.2, 0.25) is 0 Å². The van der Waals surface area contributed by atoms with Gasteiger partial charge in [0, 0.05) is 18.7 Å². The molecule has 0 aromatic heterocycles. The summed E-state index contributed by atoms with van der Waals surface area (Å²) in [5, 5.41) is 3.35. The molecule has 17 heavy (non-hydrogen) atoms. The quantitative estimate of drug-likeness (QED) is 0.873. The summed E-state index contributed by atoms with van der Waals surface area (Å²) in [4.78, 5) is 0. The van der Waals surface area contributed by atoms with Gasteiger partial charge in [-0.25, -0.2) is 0 Å². The van der Waals surface area contributed by atoms with Crippen molar-refractivity contribution < 1.29 is 9.47 Å². The standard InChI is InChI=1S/C14H21NO2/c1-10(2)11-5-4-6-12(14(11)16-3)13-9-15-7-8-17-13/h4-6,10,13,15H,7-9H2,1-3H3. The van der Waals surface area contributed by atoms with Crippen LogP contribution in [0.3, 0.4) is 0 Å². The Morgan fingerprint density at radius 3 is 2.82 bits per heavy atom. The van der Waals surface area contributed by atoms with Crippen LogP contribution < -0.4 is 10.1 Å². The van der Waals surface area contributed by atoms with E-state index in [1.165, 1.54) is 5.56 Å². The van der Waals surface area contributed by atoms with E-state index in [1.807, 2.05) is 0 Å². The molecule has 1 fully saturated rings. The fourth-order valence-corrected chi connectivity index (χ4v) is 2.28. The van der Waals surface area contributed by atoms with E-state index in [4.69, 9.17) is 9.47 Å². The minimum atomic E-state index is 0.109. The summed E-state index contributed by atoms with van der Waals surface area (Å²) in [6, 6.07) is 6.32. The fourth-order valence-electron chi connectivity index (χ4n) is 2.28. The maximum atomic E-state index is 5.80. The summed E-state index contributed by atoms with van der Waals surface area (Å²) in [6.45, 7) is 6.92. The van der Waals surface area contributed by atoms with Crippen LogP contribution in [0.2, 0.25) is 0 Å². The molecule has 0 radical (unpaired) electrons. The maximum Gasteiger partial charge on any atom is 0.128 e. The van der Waals surface area contributed by atoms with Gasteiger partial charge in [-0.15, -0.1) is 0 Å². The zero-order valence-corrected chi connectivity index (χ0v) is 10.8. The summed E-state index contributed by atoms with van der Waals surface area (Å²) in [6.07, 6.45) is 0.109. The number of benzene rings is 1. The summed E-state index contributed by atoms with van der Waals surface area (Å²) < 4.78 is 11.4. The van der Waals surface area contributed by atoms with Gasteiger partial charge in [-0.05, 0) is 11.5 Å². The normalized spacial score (nSPS) is 20.6. The molecule has 3 heteroatoms. The Balaban J connectivity index is 2.35. The molecular weight excluding hydrogens is 214 g/mol. The smallest absolute Gasteiger partial charge is 0.128 e. The number of hydrogen-bond acceptors (Lipinski definition) is 3. The second-order valence-corrected chi connectivity index (χ2v) is 4.69. The first kappa shape index (κ1) is 12.4. The molecule has 1 aliphatic rings. The van der Waals surface area contributed by atoms with Gasteiger partial charge in [-0.2, -0.15) is 0 Å². The van der Waals surface area contributed by atoms with Crippen LogP contribution in [0, 0.1) is 0 Å². The zero-order valence-electron chi connectivity index (χ0n) is 10.8. The highest BCUT2D eigenvalue weighted by atomic mass is 16.5. The third kappa shape index (κ3) is 2.61. The highest BCUT2D eigenvalue weighted by Crippen LogP contribution is 2.35. The van der Waals surface area contributed by atoms with Gasteiger partial charge in [-0.1, -0.05) is 32.0 Å². The number of hydrogen-bond donors (Lipinski definition) is 1. The fraction of sp³-hybridized carbons (Fsp3) is 0.571. The van der Waals surface area contributed by atoms with Gasteiger partial charge in [0.1, 0.15) is 5.75 Å². The second kappa shape index (κ2) is 5.52. The number of para-hydroxylation sites is 1. The topological polar surface area (TPSA) is 30.5 Å². The molecule has 2 rings (SSSR count). The molecular formula is C14H21NO2. The first-order valence-corrected chi connectivity index (χ1v) is 6.23. The van der Waals surface area contributed by atoms with Crippen molar-refractivity contribution in [3.63, 3.8) is 0 Å². The van der Waals surface area contributed by atoms with E-state index in [0.29, 0.717) is 5.92 Å². The third-order valence-electron chi connectivity index (χ3n) is 3.18. The molecule has 0 aliphatic carbocycles. The van der Waals surface area contributed by atoms with Crippen LogP contribution in [-0.2, 0) is 4.74 Å². The van der Waals surface area contributed by atoms with Crippen molar-refractivity contribution in [1.29, 1.82) is 0 Å². The lowest BCUT2D eigenvalue weighted by Gasteiger charge is -2.26. The molecule has 3 nitrogen and oxygen atoms in total. The van der Waals surface area contributed by atoms with Crippen molar-refractivity contribution in [2.24, 2.45) is 0 Å². The van der Waals surface area contributed by atoms with Crippen LogP contribution in [0.4, 0.5) is 0 Å². The SMILES string of the molecule is COc1c(C(C)C)cccc1C1CNCCO1. The van der Waals surface area contributed by atoms with E-state index in [1.54, 1.807) is 7.11 Å². The minimum absolute atomic E-state index is 0.109. The van der Waals surface area contributed by atoms with E-state index >= 15 is 0 Å². The Labute approximate surface area is 103 Å². The van der Waals surface area contributed by atoms with Crippen molar-refractivity contribution in [3.05, 3.63) is 29.3 Å². The van der Waals surface area contributed by atoms with Crippen LogP contribution in [0.1, 0.15) is 37.0 Å². The lowest BCUT2D eigenvalue weighted by molar-refractivity contribution is 0.0262. The predicted molar refractivity (Wildman–Crippen MR) is 68.6 cm³/mol. The Kier molecular flexibility index (Phi) is 4.02. The summed E-state index contributed by atoms with van der Waals surface area (Å²) >= 11 is 0. The number of nitrogens with one attached hydrogen (secondary N) is 1. The largest absolute Gasteiger partial charge is 0.496 e. The summed E-state index contributed by atoms with van der Waals surface area (Å²) in [5.74, 6) is 1.44. The molecule has 0 bridgehead atoms. The Bertz CT molecular complexity index is 370. The molecule has 0 saturated carbocycles. The zero-order chi connectivity index (χ0) is 12.3. The Morgan fingerprint density at radius 1 is 1.41 bits per heavy atom. The van der Waals surface area contributed by atoms with E-state index in [0.717, 1.165) is 31.0 Å². The van der Waals surface area contributed by atoms with Crippen LogP contribution >= 0.6 is 0 Å². The third-order valence-corrected chi connectivity index (χ3v) is 3.18. The highest BCUT2D eigenvalue weighted by Gasteiger charge is 2.21. The molecule has 1 heterocycles. The molecule has 1 aromatic carbocycles. The monoisotopic (exact) mass is 235 g/mol. The average Bonchev–Trinajstić information content (AvgIpc) is 2.38. The van der Waals surface area contributed by atoms with Gasteiger partial charge >= 0.3 is 0 Å². The molecule has 94 valence electrons. The first-order chi connectivity index (χ1) is 8.24. The van der Waals surface area contributed by atoms with Crippen molar-refractivity contribution >= 4 is 0 Å². The first-order valence-electron chi connectivity index (χ1n) is 6.23. The van der Waals surface area contributed by atoms with Gasteiger partial charge in [0.15, 0.2) is 0 Å². The molecule has 1 aliphatic heterocycles. The van der Waals surface area contributed by atoms with Gasteiger partial charge in [0.25, 0.3) is 0 Å². The highest BCUT2D eigenvalue weighted by molar-refractivity contribution is 5.44. The van der Waals surface area contributed by atoms with Crippen LogP contribution in [0.25, 0.3) is 0 Å². The number of morpholine rings is 1. The Morgan fingerprint density at radius 2 is 2.24 bits per heavy atom. The van der Waals surface area contributed by atoms with Crippen LogP contribution in [-0.4, -0.2) is 26.8 Å². The van der Waals surface area contributed by atoms with Crippen molar-refractivity contribution in [2.75, 3.05) is 26.8 Å². The predicted octanol–water partition coefficient (Wildman–Crippen LogP) is 2.48. The molecule has 1 atom stereocenters. The van der Waals surface area contributed by atoms with E-state index in [9.17, 15) is 0 Å². The molecule has 0 spiro atoms. The lowest BCUT2D eigenvalue weighted by atomic mass is 9.96. The van der Waals surface area contributed by atoms with Crippen LogP contribution in [0.5, 0.6) is 5.75 Å².